The van der Waals surface area contributed by atoms with E-state index in [0.29, 0.717) is 6.04 Å². The smallest absolute Gasteiger partial charge is 0.0292 e. The van der Waals surface area contributed by atoms with Crippen molar-refractivity contribution in [1.29, 1.82) is 0 Å². The first kappa shape index (κ1) is 14.5. The minimum absolute atomic E-state index is 0.457. The number of piperidine rings is 1. The van der Waals surface area contributed by atoms with E-state index in [-0.39, 0.29) is 0 Å². The van der Waals surface area contributed by atoms with Crippen molar-refractivity contribution >= 4 is 0 Å². The second-order valence-electron chi connectivity index (χ2n) is 6.22. The van der Waals surface area contributed by atoms with Crippen LogP contribution in [0.5, 0.6) is 0 Å². The minimum atomic E-state index is 0.457. The third kappa shape index (κ3) is 4.05. The van der Waals surface area contributed by atoms with Gasteiger partial charge in [0.1, 0.15) is 0 Å². The molecule has 1 aliphatic heterocycles. The zero-order chi connectivity index (χ0) is 13.8. The van der Waals surface area contributed by atoms with E-state index in [1.54, 1.807) is 0 Å². The first-order valence-electron chi connectivity index (χ1n) is 7.55. The van der Waals surface area contributed by atoms with Crippen molar-refractivity contribution < 1.29 is 0 Å². The molecule has 1 atom stereocenters. The van der Waals surface area contributed by atoms with Crippen molar-refractivity contribution in [2.45, 2.75) is 39.7 Å². The fourth-order valence-corrected chi connectivity index (χ4v) is 2.76. The summed E-state index contributed by atoms with van der Waals surface area (Å²) in [5.74, 6) is 0.852. The Balaban J connectivity index is 1.83. The van der Waals surface area contributed by atoms with Gasteiger partial charge >= 0.3 is 0 Å². The predicted molar refractivity (Wildman–Crippen MR) is 82.6 cm³/mol. The highest BCUT2D eigenvalue weighted by Crippen LogP contribution is 2.19. The average Bonchev–Trinajstić information content (AvgIpc) is 2.41. The van der Waals surface area contributed by atoms with E-state index < -0.39 is 0 Å². The molecule has 0 aliphatic carbocycles. The van der Waals surface area contributed by atoms with Crippen molar-refractivity contribution in [3.63, 3.8) is 0 Å². The van der Waals surface area contributed by atoms with Gasteiger partial charge in [-0.2, -0.15) is 0 Å². The van der Waals surface area contributed by atoms with Crippen LogP contribution in [0.3, 0.4) is 0 Å². The number of nitrogens with one attached hydrogen (secondary N) is 1. The molecule has 1 unspecified atom stereocenters. The highest BCUT2D eigenvalue weighted by atomic mass is 15.1. The third-order valence-corrected chi connectivity index (χ3v) is 4.58. The van der Waals surface area contributed by atoms with Gasteiger partial charge in [-0.15, -0.1) is 0 Å². The Hall–Kier alpha value is -0.860. The second kappa shape index (κ2) is 6.53. The number of hydrogen-bond acceptors (Lipinski definition) is 2. The lowest BCUT2D eigenvalue weighted by Gasteiger charge is -2.30. The molecule has 2 nitrogen and oxygen atoms in total. The van der Waals surface area contributed by atoms with Gasteiger partial charge in [0.15, 0.2) is 0 Å². The van der Waals surface area contributed by atoms with Crippen molar-refractivity contribution in [2.75, 3.05) is 26.7 Å². The number of benzene rings is 1. The molecule has 1 N–H and O–H groups in total. The second-order valence-corrected chi connectivity index (χ2v) is 6.22. The molecular formula is C17H28N2. The first-order valence-corrected chi connectivity index (χ1v) is 7.55. The molecular weight excluding hydrogens is 232 g/mol. The molecule has 106 valence electrons. The summed E-state index contributed by atoms with van der Waals surface area (Å²) >= 11 is 0. The van der Waals surface area contributed by atoms with Crippen LogP contribution in [0.25, 0.3) is 0 Å². The summed E-state index contributed by atoms with van der Waals surface area (Å²) in [5, 5.41) is 3.71. The topological polar surface area (TPSA) is 15.3 Å². The van der Waals surface area contributed by atoms with Crippen LogP contribution in [0.15, 0.2) is 18.2 Å². The van der Waals surface area contributed by atoms with Crippen molar-refractivity contribution in [2.24, 2.45) is 5.92 Å². The fraction of sp³-hybridized carbons (Fsp3) is 0.647. The van der Waals surface area contributed by atoms with Gasteiger partial charge in [0.25, 0.3) is 0 Å². The summed E-state index contributed by atoms with van der Waals surface area (Å²) < 4.78 is 0. The Labute approximate surface area is 118 Å². The summed E-state index contributed by atoms with van der Waals surface area (Å²) in [6.07, 6.45) is 2.67. The molecule has 1 aromatic rings. The number of aryl methyl sites for hydroxylation is 2. The predicted octanol–water partition coefficient (Wildman–Crippen LogP) is 3.30. The molecule has 1 fully saturated rings. The lowest BCUT2D eigenvalue weighted by Crippen LogP contribution is -2.35. The van der Waals surface area contributed by atoms with E-state index >= 15 is 0 Å². The van der Waals surface area contributed by atoms with E-state index in [4.69, 9.17) is 0 Å². The van der Waals surface area contributed by atoms with Gasteiger partial charge in [-0.25, -0.2) is 0 Å². The first-order chi connectivity index (χ1) is 9.06. The number of rotatable bonds is 4. The standard InChI is InChI=1S/C17H28N2/c1-13-5-6-17(11-14(13)2)15(3)18-12-16-7-9-19(4)10-8-16/h5-6,11,15-16,18H,7-10,12H2,1-4H3. The van der Waals surface area contributed by atoms with Gasteiger partial charge in [-0.1, -0.05) is 18.2 Å². The molecule has 2 heteroatoms. The molecule has 0 aromatic heterocycles. The molecule has 2 rings (SSSR count). The third-order valence-electron chi connectivity index (χ3n) is 4.58. The Morgan fingerprint density at radius 2 is 1.89 bits per heavy atom. The van der Waals surface area contributed by atoms with Crippen molar-refractivity contribution in [1.82, 2.24) is 10.2 Å². The van der Waals surface area contributed by atoms with Gasteiger partial charge in [0.2, 0.25) is 0 Å². The highest BCUT2D eigenvalue weighted by molar-refractivity contribution is 5.31. The summed E-state index contributed by atoms with van der Waals surface area (Å²) in [7, 11) is 2.22. The summed E-state index contributed by atoms with van der Waals surface area (Å²) in [6, 6.07) is 7.27. The largest absolute Gasteiger partial charge is 0.310 e. The maximum atomic E-state index is 3.71. The number of hydrogen-bond donors (Lipinski definition) is 1. The monoisotopic (exact) mass is 260 g/mol. The van der Waals surface area contributed by atoms with Crippen LogP contribution < -0.4 is 5.32 Å². The zero-order valence-corrected chi connectivity index (χ0v) is 12.9. The molecule has 1 aromatic carbocycles. The van der Waals surface area contributed by atoms with Gasteiger partial charge in [0, 0.05) is 6.04 Å². The van der Waals surface area contributed by atoms with Gasteiger partial charge in [-0.05, 0) is 82.9 Å². The average molecular weight is 260 g/mol. The lowest BCUT2D eigenvalue weighted by molar-refractivity contribution is 0.213. The molecule has 0 amide bonds. The zero-order valence-electron chi connectivity index (χ0n) is 12.9. The SMILES string of the molecule is Cc1ccc(C(C)NCC2CCN(C)CC2)cc1C. The summed E-state index contributed by atoms with van der Waals surface area (Å²) in [6.45, 7) is 10.3. The molecule has 1 saturated heterocycles. The summed E-state index contributed by atoms with van der Waals surface area (Å²) in [5.41, 5.74) is 4.19. The molecule has 0 saturated carbocycles. The minimum Gasteiger partial charge on any atom is -0.310 e. The molecule has 1 heterocycles. The number of nitrogens with zero attached hydrogens (tertiary/aromatic N) is 1. The molecule has 0 bridgehead atoms. The van der Waals surface area contributed by atoms with E-state index in [2.05, 4.69) is 56.2 Å². The molecule has 19 heavy (non-hydrogen) atoms. The number of likely N-dealkylation sites (tertiary alicyclic amines) is 1. The Morgan fingerprint density at radius 3 is 2.53 bits per heavy atom. The van der Waals surface area contributed by atoms with E-state index in [1.807, 2.05) is 0 Å². The summed E-state index contributed by atoms with van der Waals surface area (Å²) in [4.78, 5) is 2.43. The quantitative estimate of drug-likeness (QED) is 0.893. The van der Waals surface area contributed by atoms with E-state index in [0.717, 1.165) is 12.5 Å². The maximum absolute atomic E-state index is 3.71. The van der Waals surface area contributed by atoms with Crippen LogP contribution in [0.2, 0.25) is 0 Å². The van der Waals surface area contributed by atoms with Crippen LogP contribution >= 0.6 is 0 Å². The van der Waals surface area contributed by atoms with Gasteiger partial charge < -0.3 is 10.2 Å². The van der Waals surface area contributed by atoms with Crippen LogP contribution in [0.1, 0.15) is 42.5 Å². The fourth-order valence-electron chi connectivity index (χ4n) is 2.76. The van der Waals surface area contributed by atoms with Crippen LogP contribution in [-0.4, -0.2) is 31.6 Å². The van der Waals surface area contributed by atoms with Crippen LogP contribution in [0, 0.1) is 19.8 Å². The molecule has 0 spiro atoms. The van der Waals surface area contributed by atoms with Gasteiger partial charge in [0.05, 0.1) is 0 Å². The lowest BCUT2D eigenvalue weighted by atomic mass is 9.96. The normalized spacial score (nSPS) is 19.6. The van der Waals surface area contributed by atoms with Gasteiger partial charge in [-0.3, -0.25) is 0 Å². The van der Waals surface area contributed by atoms with Crippen LogP contribution in [0.4, 0.5) is 0 Å². The van der Waals surface area contributed by atoms with E-state index in [1.165, 1.54) is 42.6 Å². The Bertz CT molecular complexity index is 406. The van der Waals surface area contributed by atoms with Crippen LogP contribution in [-0.2, 0) is 0 Å². The maximum Gasteiger partial charge on any atom is 0.0292 e. The molecule has 0 radical (unpaired) electrons. The highest BCUT2D eigenvalue weighted by Gasteiger charge is 2.17. The van der Waals surface area contributed by atoms with Crippen molar-refractivity contribution in [3.05, 3.63) is 34.9 Å². The van der Waals surface area contributed by atoms with E-state index in [9.17, 15) is 0 Å². The Kier molecular flexibility index (Phi) is 5.00. The Morgan fingerprint density at radius 1 is 1.21 bits per heavy atom. The van der Waals surface area contributed by atoms with Crippen molar-refractivity contribution in [3.8, 4) is 0 Å². The molecule has 1 aliphatic rings.